The highest BCUT2D eigenvalue weighted by Crippen LogP contribution is 2.25. The summed E-state index contributed by atoms with van der Waals surface area (Å²) in [5, 5.41) is 4.94. The van der Waals surface area contributed by atoms with Crippen molar-refractivity contribution >= 4 is 27.1 Å². The van der Waals surface area contributed by atoms with Crippen molar-refractivity contribution in [2.75, 3.05) is 6.26 Å². The number of hydrogen-bond acceptors (Lipinski definition) is 5. The number of carbonyl (C=O) groups excluding carboxylic acids is 1. The Labute approximate surface area is 163 Å². The number of hydrogen-bond donors (Lipinski definition) is 1. The molecule has 0 fully saturated rings. The summed E-state index contributed by atoms with van der Waals surface area (Å²) >= 11 is 1.62. The van der Waals surface area contributed by atoms with Gasteiger partial charge in [0.15, 0.2) is 9.84 Å². The van der Waals surface area contributed by atoms with E-state index in [9.17, 15) is 13.2 Å². The Morgan fingerprint density at radius 3 is 2.56 bits per heavy atom. The van der Waals surface area contributed by atoms with Gasteiger partial charge in [-0.25, -0.2) is 8.42 Å². The van der Waals surface area contributed by atoms with E-state index in [-0.39, 0.29) is 10.8 Å². The standard InChI is InChI=1S/C20H20N2O3S2/c1-27(24,25)17-9-6-15(7-10-17)8-11-19(23)22-14-16-4-2-12-21-20(16)18-5-3-13-26-18/h2-7,9-10,12-13H,8,11,14H2,1H3,(H,22,23). The Kier molecular flexibility index (Phi) is 6.03. The van der Waals surface area contributed by atoms with E-state index in [2.05, 4.69) is 10.3 Å². The van der Waals surface area contributed by atoms with Gasteiger partial charge in [-0.3, -0.25) is 9.78 Å². The van der Waals surface area contributed by atoms with Crippen LogP contribution in [0.1, 0.15) is 17.5 Å². The van der Waals surface area contributed by atoms with Crippen molar-refractivity contribution in [2.24, 2.45) is 0 Å². The molecular weight excluding hydrogens is 380 g/mol. The molecule has 1 aromatic carbocycles. The van der Waals surface area contributed by atoms with Crippen LogP contribution in [0.2, 0.25) is 0 Å². The van der Waals surface area contributed by atoms with Crippen LogP contribution in [0.3, 0.4) is 0 Å². The molecule has 27 heavy (non-hydrogen) atoms. The van der Waals surface area contributed by atoms with Gasteiger partial charge < -0.3 is 5.32 Å². The molecule has 0 atom stereocenters. The molecule has 0 spiro atoms. The van der Waals surface area contributed by atoms with Crippen LogP contribution in [-0.2, 0) is 27.6 Å². The monoisotopic (exact) mass is 400 g/mol. The maximum atomic E-state index is 12.2. The molecule has 3 aromatic rings. The molecule has 0 saturated heterocycles. The topological polar surface area (TPSA) is 76.1 Å². The number of nitrogens with zero attached hydrogens (tertiary/aromatic N) is 1. The van der Waals surface area contributed by atoms with Crippen LogP contribution in [0, 0.1) is 0 Å². The molecule has 7 heteroatoms. The van der Waals surface area contributed by atoms with E-state index in [1.807, 2.05) is 29.6 Å². The molecule has 0 aliphatic rings. The van der Waals surface area contributed by atoms with Gasteiger partial charge in [0.05, 0.1) is 15.5 Å². The fourth-order valence-electron chi connectivity index (χ4n) is 2.66. The van der Waals surface area contributed by atoms with Crippen molar-refractivity contribution in [3.8, 4) is 10.6 Å². The minimum atomic E-state index is -3.20. The van der Waals surface area contributed by atoms with E-state index in [0.29, 0.717) is 19.4 Å². The van der Waals surface area contributed by atoms with E-state index in [1.165, 1.54) is 6.26 Å². The highest BCUT2D eigenvalue weighted by atomic mass is 32.2. The molecular formula is C20H20N2O3S2. The van der Waals surface area contributed by atoms with Gasteiger partial charge in [0.1, 0.15) is 0 Å². The molecule has 0 bridgehead atoms. The largest absolute Gasteiger partial charge is 0.352 e. The van der Waals surface area contributed by atoms with Gasteiger partial charge in [-0.2, -0.15) is 0 Å². The maximum Gasteiger partial charge on any atom is 0.220 e. The summed E-state index contributed by atoms with van der Waals surface area (Å²) in [5.41, 5.74) is 2.80. The van der Waals surface area contributed by atoms with Crippen LogP contribution in [0.25, 0.3) is 10.6 Å². The number of nitrogens with one attached hydrogen (secondary N) is 1. The molecule has 140 valence electrons. The molecule has 1 N–H and O–H groups in total. The van der Waals surface area contributed by atoms with Crippen molar-refractivity contribution in [3.05, 3.63) is 71.2 Å². The number of thiophene rings is 1. The normalized spacial score (nSPS) is 11.3. The molecule has 0 unspecified atom stereocenters. The average Bonchev–Trinajstić information content (AvgIpc) is 3.19. The Bertz CT molecular complexity index is 1010. The second-order valence-electron chi connectivity index (χ2n) is 6.18. The molecule has 2 heterocycles. The average molecular weight is 401 g/mol. The number of carbonyl (C=O) groups is 1. The zero-order valence-corrected chi connectivity index (χ0v) is 16.5. The molecule has 5 nitrogen and oxygen atoms in total. The molecule has 2 aromatic heterocycles. The number of benzene rings is 1. The van der Waals surface area contributed by atoms with Gasteiger partial charge in [-0.15, -0.1) is 11.3 Å². The first-order valence-corrected chi connectivity index (χ1v) is 11.2. The summed E-state index contributed by atoms with van der Waals surface area (Å²) < 4.78 is 22.9. The highest BCUT2D eigenvalue weighted by molar-refractivity contribution is 7.90. The van der Waals surface area contributed by atoms with Gasteiger partial charge in [0, 0.05) is 25.4 Å². The maximum absolute atomic E-state index is 12.2. The predicted octanol–water partition coefficient (Wildman–Crippen LogP) is 3.46. The third kappa shape index (κ3) is 5.24. The first kappa shape index (κ1) is 19.3. The minimum Gasteiger partial charge on any atom is -0.352 e. The number of aryl methyl sites for hydroxylation is 1. The predicted molar refractivity (Wildman–Crippen MR) is 107 cm³/mol. The summed E-state index contributed by atoms with van der Waals surface area (Å²) in [6.45, 7) is 0.424. The summed E-state index contributed by atoms with van der Waals surface area (Å²) in [4.78, 5) is 18.0. The fourth-order valence-corrected chi connectivity index (χ4v) is 4.05. The fraction of sp³-hybridized carbons (Fsp3) is 0.200. The van der Waals surface area contributed by atoms with Crippen molar-refractivity contribution in [1.82, 2.24) is 10.3 Å². The molecule has 0 saturated carbocycles. The molecule has 0 aliphatic carbocycles. The lowest BCUT2D eigenvalue weighted by molar-refractivity contribution is -0.121. The minimum absolute atomic E-state index is 0.0526. The molecule has 0 aliphatic heterocycles. The van der Waals surface area contributed by atoms with Crippen LogP contribution in [0.15, 0.2) is 65.0 Å². The van der Waals surface area contributed by atoms with Crippen LogP contribution < -0.4 is 5.32 Å². The summed E-state index contributed by atoms with van der Waals surface area (Å²) in [6.07, 6.45) is 3.83. The van der Waals surface area contributed by atoms with Gasteiger partial charge >= 0.3 is 0 Å². The second-order valence-corrected chi connectivity index (χ2v) is 9.14. The van der Waals surface area contributed by atoms with Gasteiger partial charge in [0.25, 0.3) is 0 Å². The summed E-state index contributed by atoms with van der Waals surface area (Å²) in [5.74, 6) is -0.0526. The second kappa shape index (κ2) is 8.45. The lowest BCUT2D eigenvalue weighted by Crippen LogP contribution is -2.23. The lowest BCUT2D eigenvalue weighted by Gasteiger charge is -2.09. The van der Waals surface area contributed by atoms with E-state index < -0.39 is 9.84 Å². The van der Waals surface area contributed by atoms with Crippen LogP contribution in [0.4, 0.5) is 0 Å². The zero-order chi connectivity index (χ0) is 19.3. The third-order valence-corrected chi connectivity index (χ3v) is 6.12. The first-order valence-electron chi connectivity index (χ1n) is 8.47. The van der Waals surface area contributed by atoms with E-state index in [4.69, 9.17) is 0 Å². The summed E-state index contributed by atoms with van der Waals surface area (Å²) in [6, 6.07) is 14.5. The summed E-state index contributed by atoms with van der Waals surface area (Å²) in [7, 11) is -3.20. The molecule has 0 radical (unpaired) electrons. The quantitative estimate of drug-likeness (QED) is 0.659. The smallest absolute Gasteiger partial charge is 0.220 e. The van der Waals surface area contributed by atoms with Crippen LogP contribution in [-0.4, -0.2) is 25.6 Å². The van der Waals surface area contributed by atoms with Gasteiger partial charge in [0.2, 0.25) is 5.91 Å². The Hall–Kier alpha value is -2.51. The molecule has 3 rings (SSSR count). The third-order valence-electron chi connectivity index (χ3n) is 4.11. The van der Waals surface area contributed by atoms with Crippen molar-refractivity contribution in [2.45, 2.75) is 24.3 Å². The van der Waals surface area contributed by atoms with Gasteiger partial charge in [-0.1, -0.05) is 24.3 Å². The van der Waals surface area contributed by atoms with Crippen molar-refractivity contribution < 1.29 is 13.2 Å². The Balaban J connectivity index is 1.55. The van der Waals surface area contributed by atoms with Crippen LogP contribution >= 0.6 is 11.3 Å². The molecule has 1 amide bonds. The number of rotatable bonds is 7. The van der Waals surface area contributed by atoms with Gasteiger partial charge in [-0.05, 0) is 47.2 Å². The number of aromatic nitrogens is 1. The van der Waals surface area contributed by atoms with E-state index in [0.717, 1.165) is 21.7 Å². The Morgan fingerprint density at radius 1 is 1.11 bits per heavy atom. The van der Waals surface area contributed by atoms with Crippen molar-refractivity contribution in [1.29, 1.82) is 0 Å². The van der Waals surface area contributed by atoms with Crippen molar-refractivity contribution in [3.63, 3.8) is 0 Å². The van der Waals surface area contributed by atoms with E-state index >= 15 is 0 Å². The Morgan fingerprint density at radius 2 is 1.89 bits per heavy atom. The number of sulfone groups is 1. The van der Waals surface area contributed by atoms with Crippen LogP contribution in [0.5, 0.6) is 0 Å². The zero-order valence-electron chi connectivity index (χ0n) is 14.9. The SMILES string of the molecule is CS(=O)(=O)c1ccc(CCC(=O)NCc2cccnc2-c2cccs2)cc1. The number of amides is 1. The lowest BCUT2D eigenvalue weighted by atomic mass is 10.1. The highest BCUT2D eigenvalue weighted by Gasteiger charge is 2.10. The first-order chi connectivity index (χ1) is 12.9. The van der Waals surface area contributed by atoms with E-state index in [1.54, 1.807) is 41.8 Å². The number of pyridine rings is 1.